The van der Waals surface area contributed by atoms with Crippen LogP contribution in [0.4, 0.5) is 0 Å². The number of nitrogens with zero attached hydrogens (tertiary/aromatic N) is 1. The van der Waals surface area contributed by atoms with Crippen molar-refractivity contribution in [3.8, 4) is 17.4 Å². The van der Waals surface area contributed by atoms with Crippen LogP contribution in [0.15, 0.2) is 29.3 Å². The number of halogens is 1. The Morgan fingerprint density at radius 3 is 2.85 bits per heavy atom. The number of rotatable bonds is 4. The molecule has 1 aromatic heterocycles. The third kappa shape index (κ3) is 2.90. The number of aromatic nitrogens is 2. The summed E-state index contributed by atoms with van der Waals surface area (Å²) in [5, 5.41) is 9.12. The fourth-order valence-corrected chi connectivity index (χ4v) is 1.84. The van der Waals surface area contributed by atoms with Gasteiger partial charge in [-0.05, 0) is 34.7 Å². The van der Waals surface area contributed by atoms with E-state index in [0.29, 0.717) is 5.75 Å². The summed E-state index contributed by atoms with van der Waals surface area (Å²) in [6.45, 7) is 0. The van der Waals surface area contributed by atoms with E-state index in [4.69, 9.17) is 14.6 Å². The fraction of sp³-hybridized carbons (Fsp3) is 0.0833. The SMILES string of the molecule is COc1ccc(C(=O)O)c(Oc2nc[nH]c(=O)c2I)c1. The highest BCUT2D eigenvalue weighted by molar-refractivity contribution is 14.1. The molecule has 2 aromatic rings. The second-order valence-electron chi connectivity index (χ2n) is 3.62. The fourth-order valence-electron chi connectivity index (χ4n) is 1.43. The Balaban J connectivity index is 2.48. The molecule has 0 aliphatic carbocycles. The van der Waals surface area contributed by atoms with Crippen LogP contribution in [0.3, 0.4) is 0 Å². The molecule has 8 heteroatoms. The third-order valence-corrected chi connectivity index (χ3v) is 3.34. The van der Waals surface area contributed by atoms with E-state index >= 15 is 0 Å². The normalized spacial score (nSPS) is 10.1. The van der Waals surface area contributed by atoms with Gasteiger partial charge in [0.25, 0.3) is 5.56 Å². The molecule has 20 heavy (non-hydrogen) atoms. The van der Waals surface area contributed by atoms with E-state index in [1.54, 1.807) is 22.6 Å². The van der Waals surface area contributed by atoms with E-state index in [9.17, 15) is 9.59 Å². The molecule has 0 spiro atoms. The van der Waals surface area contributed by atoms with Gasteiger partial charge >= 0.3 is 5.97 Å². The lowest BCUT2D eigenvalue weighted by molar-refractivity contribution is 0.0694. The molecule has 104 valence electrons. The smallest absolute Gasteiger partial charge is 0.339 e. The topological polar surface area (TPSA) is 102 Å². The number of ether oxygens (including phenoxy) is 2. The van der Waals surface area contributed by atoms with Crippen LogP contribution in [-0.2, 0) is 0 Å². The maximum Gasteiger partial charge on any atom is 0.339 e. The van der Waals surface area contributed by atoms with Crippen molar-refractivity contribution in [3.05, 3.63) is 44.0 Å². The highest BCUT2D eigenvalue weighted by Crippen LogP contribution is 2.29. The average molecular weight is 388 g/mol. The molecule has 0 aliphatic heterocycles. The average Bonchev–Trinajstić information content (AvgIpc) is 2.43. The van der Waals surface area contributed by atoms with Crippen molar-refractivity contribution in [2.45, 2.75) is 0 Å². The quantitative estimate of drug-likeness (QED) is 0.776. The van der Waals surface area contributed by atoms with Gasteiger partial charge in [0.15, 0.2) is 0 Å². The van der Waals surface area contributed by atoms with Crippen molar-refractivity contribution in [1.29, 1.82) is 0 Å². The van der Waals surface area contributed by atoms with E-state index < -0.39 is 5.97 Å². The molecule has 0 unspecified atom stereocenters. The number of aromatic carboxylic acids is 1. The zero-order valence-electron chi connectivity index (χ0n) is 10.2. The van der Waals surface area contributed by atoms with Gasteiger partial charge in [0.05, 0.1) is 13.4 Å². The van der Waals surface area contributed by atoms with Crippen molar-refractivity contribution in [1.82, 2.24) is 9.97 Å². The van der Waals surface area contributed by atoms with E-state index in [0.717, 1.165) is 0 Å². The lowest BCUT2D eigenvalue weighted by atomic mass is 10.2. The molecule has 0 aliphatic rings. The monoisotopic (exact) mass is 388 g/mol. The lowest BCUT2D eigenvalue weighted by Crippen LogP contribution is -2.12. The second kappa shape index (κ2) is 5.90. The lowest BCUT2D eigenvalue weighted by Gasteiger charge is -2.10. The zero-order chi connectivity index (χ0) is 14.7. The van der Waals surface area contributed by atoms with Gasteiger partial charge in [0.2, 0.25) is 5.88 Å². The Morgan fingerprint density at radius 2 is 2.20 bits per heavy atom. The number of aromatic amines is 1. The minimum atomic E-state index is -1.15. The van der Waals surface area contributed by atoms with Crippen LogP contribution in [0.2, 0.25) is 0 Å². The molecule has 0 atom stereocenters. The predicted octanol–water partition coefficient (Wildman–Crippen LogP) is 1.87. The third-order valence-electron chi connectivity index (χ3n) is 2.39. The minimum Gasteiger partial charge on any atom is -0.497 e. The Labute approximate surface area is 126 Å². The molecular weight excluding hydrogens is 379 g/mol. The van der Waals surface area contributed by atoms with Gasteiger partial charge < -0.3 is 19.6 Å². The molecule has 0 saturated carbocycles. The Bertz CT molecular complexity index is 713. The van der Waals surface area contributed by atoms with Gasteiger partial charge in [-0.25, -0.2) is 9.78 Å². The second-order valence-corrected chi connectivity index (χ2v) is 4.70. The molecule has 2 N–H and O–H groups in total. The number of carboxylic acids is 1. The molecule has 0 amide bonds. The van der Waals surface area contributed by atoms with Crippen LogP contribution in [0.5, 0.6) is 17.4 Å². The number of carboxylic acid groups (broad SMARTS) is 1. The number of H-pyrrole nitrogens is 1. The standard InChI is InChI=1S/C12H9IN2O5/c1-19-6-2-3-7(12(17)18)8(4-6)20-11-9(13)10(16)14-5-15-11/h2-5H,1H3,(H,17,18)(H,14,15,16). The molecule has 1 aromatic carbocycles. The molecular formula is C12H9IN2O5. The maximum absolute atomic E-state index is 11.4. The molecule has 0 bridgehead atoms. The van der Waals surface area contributed by atoms with E-state index in [1.807, 2.05) is 0 Å². The highest BCUT2D eigenvalue weighted by Gasteiger charge is 2.16. The zero-order valence-corrected chi connectivity index (χ0v) is 12.4. The summed E-state index contributed by atoms with van der Waals surface area (Å²) < 4.78 is 10.7. The number of hydrogen-bond acceptors (Lipinski definition) is 5. The Kier molecular flexibility index (Phi) is 4.23. The maximum atomic E-state index is 11.4. The first-order chi connectivity index (χ1) is 9.52. The van der Waals surface area contributed by atoms with Gasteiger partial charge in [0, 0.05) is 6.07 Å². The van der Waals surface area contributed by atoms with E-state index in [-0.39, 0.29) is 26.3 Å². The summed E-state index contributed by atoms with van der Waals surface area (Å²) in [6, 6.07) is 4.28. The number of benzene rings is 1. The van der Waals surface area contributed by atoms with Crippen LogP contribution in [0.25, 0.3) is 0 Å². The number of methoxy groups -OCH3 is 1. The summed E-state index contributed by atoms with van der Waals surface area (Å²) in [6.07, 6.45) is 1.18. The first-order valence-corrected chi connectivity index (χ1v) is 6.43. The van der Waals surface area contributed by atoms with Crippen molar-refractivity contribution in [2.24, 2.45) is 0 Å². The van der Waals surface area contributed by atoms with Crippen LogP contribution in [-0.4, -0.2) is 28.2 Å². The highest BCUT2D eigenvalue weighted by atomic mass is 127. The van der Waals surface area contributed by atoms with Gasteiger partial charge in [-0.2, -0.15) is 0 Å². The Hall–Kier alpha value is -2.10. The van der Waals surface area contributed by atoms with Crippen molar-refractivity contribution >= 4 is 28.6 Å². The molecule has 2 rings (SSSR count). The van der Waals surface area contributed by atoms with Gasteiger partial charge in [-0.15, -0.1) is 0 Å². The summed E-state index contributed by atoms with van der Waals surface area (Å²) in [4.78, 5) is 28.9. The van der Waals surface area contributed by atoms with Crippen LogP contribution in [0, 0.1) is 3.57 Å². The number of nitrogens with one attached hydrogen (secondary N) is 1. The van der Waals surface area contributed by atoms with Crippen molar-refractivity contribution < 1.29 is 19.4 Å². The van der Waals surface area contributed by atoms with E-state index in [1.165, 1.54) is 31.6 Å². The van der Waals surface area contributed by atoms with Crippen molar-refractivity contribution in [2.75, 3.05) is 7.11 Å². The van der Waals surface area contributed by atoms with Gasteiger partial charge in [0.1, 0.15) is 20.6 Å². The molecule has 0 saturated heterocycles. The Morgan fingerprint density at radius 1 is 1.45 bits per heavy atom. The summed E-state index contributed by atoms with van der Waals surface area (Å²) in [5.41, 5.74) is -0.418. The molecule has 0 fully saturated rings. The summed E-state index contributed by atoms with van der Waals surface area (Å²) in [5.74, 6) is -0.634. The van der Waals surface area contributed by atoms with Crippen LogP contribution >= 0.6 is 22.6 Å². The molecule has 7 nitrogen and oxygen atoms in total. The van der Waals surface area contributed by atoms with Gasteiger partial charge in [-0.1, -0.05) is 0 Å². The van der Waals surface area contributed by atoms with E-state index in [2.05, 4.69) is 9.97 Å². The first kappa shape index (κ1) is 14.3. The van der Waals surface area contributed by atoms with Gasteiger partial charge in [-0.3, -0.25) is 4.79 Å². The first-order valence-electron chi connectivity index (χ1n) is 5.35. The molecule has 1 heterocycles. The minimum absolute atomic E-state index is 0.0325. The summed E-state index contributed by atoms with van der Waals surface area (Å²) >= 11 is 1.77. The summed E-state index contributed by atoms with van der Waals surface area (Å²) in [7, 11) is 1.45. The van der Waals surface area contributed by atoms with Crippen LogP contribution in [0.1, 0.15) is 10.4 Å². The largest absolute Gasteiger partial charge is 0.497 e. The number of hydrogen-bond donors (Lipinski definition) is 2. The van der Waals surface area contributed by atoms with Crippen molar-refractivity contribution in [3.63, 3.8) is 0 Å². The number of carbonyl (C=O) groups is 1. The predicted molar refractivity (Wildman–Crippen MR) is 77.6 cm³/mol. The van der Waals surface area contributed by atoms with Crippen LogP contribution < -0.4 is 15.0 Å². The molecule has 0 radical (unpaired) electrons.